The van der Waals surface area contributed by atoms with Crippen LogP contribution >= 0.6 is 0 Å². The number of likely N-dealkylation sites (tertiary alicyclic amines) is 1. The Morgan fingerprint density at radius 2 is 2.15 bits per heavy atom. The molecular formula is C21H27FN4O. The first-order valence-electron chi connectivity index (χ1n) is 9.86. The second-order valence-corrected chi connectivity index (χ2v) is 8.12. The standard InChI is InChI=1S/C21H27FN4O/c1-21(8-3-9-23-14-21)20(27)26-10-6-15(7-11-26)19-18(13-24-25-19)16-4-2-5-17(22)12-16/h2,4-5,12-13,15,23H,3,6-11,14H2,1H3,(H,24,25). The normalized spacial score (nSPS) is 24.1. The molecule has 2 aliphatic heterocycles. The Hall–Kier alpha value is -2.21. The van der Waals surface area contributed by atoms with Crippen LogP contribution in [0.3, 0.4) is 0 Å². The molecule has 4 rings (SSSR count). The van der Waals surface area contributed by atoms with Crippen molar-refractivity contribution in [3.05, 3.63) is 42.0 Å². The molecule has 2 N–H and O–H groups in total. The number of carbonyl (C=O) groups excluding carboxylic acids is 1. The van der Waals surface area contributed by atoms with Gasteiger partial charge in [0, 0.05) is 36.8 Å². The first kappa shape index (κ1) is 18.2. The van der Waals surface area contributed by atoms with Gasteiger partial charge < -0.3 is 10.2 Å². The Morgan fingerprint density at radius 3 is 2.85 bits per heavy atom. The van der Waals surface area contributed by atoms with E-state index >= 15 is 0 Å². The molecule has 1 aromatic carbocycles. The third-order valence-corrected chi connectivity index (χ3v) is 6.11. The number of hydrogen-bond donors (Lipinski definition) is 2. The molecule has 1 amide bonds. The number of halogens is 1. The van der Waals surface area contributed by atoms with Crippen LogP contribution in [0, 0.1) is 11.2 Å². The van der Waals surface area contributed by atoms with E-state index in [0.717, 1.165) is 68.7 Å². The molecule has 0 spiro atoms. The fraction of sp³-hybridized carbons (Fsp3) is 0.524. The molecule has 2 saturated heterocycles. The SMILES string of the molecule is CC1(C(=O)N2CCC(c3[nH]ncc3-c3cccc(F)c3)CC2)CCCNC1. The number of nitrogens with zero attached hydrogens (tertiary/aromatic N) is 2. The summed E-state index contributed by atoms with van der Waals surface area (Å²) >= 11 is 0. The van der Waals surface area contributed by atoms with Gasteiger partial charge in [-0.15, -0.1) is 0 Å². The maximum absolute atomic E-state index is 13.6. The summed E-state index contributed by atoms with van der Waals surface area (Å²) in [4.78, 5) is 15.0. The fourth-order valence-electron chi connectivity index (χ4n) is 4.49. The van der Waals surface area contributed by atoms with Crippen molar-refractivity contribution in [3.63, 3.8) is 0 Å². The molecule has 144 valence electrons. The van der Waals surface area contributed by atoms with Gasteiger partial charge in [-0.2, -0.15) is 5.10 Å². The smallest absolute Gasteiger partial charge is 0.229 e. The highest BCUT2D eigenvalue weighted by atomic mass is 19.1. The lowest BCUT2D eigenvalue weighted by Crippen LogP contribution is -2.52. The summed E-state index contributed by atoms with van der Waals surface area (Å²) in [6, 6.07) is 6.63. The van der Waals surface area contributed by atoms with Gasteiger partial charge in [-0.05, 0) is 56.8 Å². The van der Waals surface area contributed by atoms with Crippen LogP contribution in [0.5, 0.6) is 0 Å². The summed E-state index contributed by atoms with van der Waals surface area (Å²) in [5.41, 5.74) is 2.59. The van der Waals surface area contributed by atoms with E-state index in [1.54, 1.807) is 18.3 Å². The molecule has 2 fully saturated rings. The molecule has 2 aliphatic rings. The van der Waals surface area contributed by atoms with Crippen LogP contribution in [0.2, 0.25) is 0 Å². The van der Waals surface area contributed by atoms with E-state index in [-0.39, 0.29) is 17.1 Å². The van der Waals surface area contributed by atoms with Crippen molar-refractivity contribution >= 4 is 5.91 Å². The third kappa shape index (κ3) is 3.63. The van der Waals surface area contributed by atoms with Gasteiger partial charge in [0.15, 0.2) is 0 Å². The summed E-state index contributed by atoms with van der Waals surface area (Å²) in [7, 11) is 0. The average molecular weight is 370 g/mol. The van der Waals surface area contributed by atoms with E-state index in [1.165, 1.54) is 6.07 Å². The van der Waals surface area contributed by atoms with Crippen LogP contribution in [0.25, 0.3) is 11.1 Å². The van der Waals surface area contributed by atoms with E-state index in [1.807, 2.05) is 11.0 Å². The third-order valence-electron chi connectivity index (χ3n) is 6.11. The number of H-pyrrole nitrogens is 1. The van der Waals surface area contributed by atoms with Gasteiger partial charge in [-0.25, -0.2) is 4.39 Å². The number of hydrogen-bond acceptors (Lipinski definition) is 3. The monoisotopic (exact) mass is 370 g/mol. The highest BCUT2D eigenvalue weighted by Gasteiger charge is 2.39. The number of piperidine rings is 2. The molecule has 0 aliphatic carbocycles. The molecule has 1 aromatic heterocycles. The molecule has 0 bridgehead atoms. The zero-order valence-electron chi connectivity index (χ0n) is 15.8. The van der Waals surface area contributed by atoms with Crippen molar-refractivity contribution in [2.75, 3.05) is 26.2 Å². The Labute approximate surface area is 159 Å². The Balaban J connectivity index is 1.44. The first-order valence-corrected chi connectivity index (χ1v) is 9.86. The summed E-state index contributed by atoms with van der Waals surface area (Å²) in [6.45, 7) is 5.40. The van der Waals surface area contributed by atoms with Crippen molar-refractivity contribution in [1.29, 1.82) is 0 Å². The van der Waals surface area contributed by atoms with Gasteiger partial charge in [0.1, 0.15) is 5.82 Å². The predicted molar refractivity (Wildman–Crippen MR) is 103 cm³/mol. The second-order valence-electron chi connectivity index (χ2n) is 8.12. The molecule has 6 heteroatoms. The van der Waals surface area contributed by atoms with Crippen molar-refractivity contribution in [3.8, 4) is 11.1 Å². The lowest BCUT2D eigenvalue weighted by atomic mass is 9.80. The molecule has 5 nitrogen and oxygen atoms in total. The van der Waals surface area contributed by atoms with E-state index < -0.39 is 0 Å². The quantitative estimate of drug-likeness (QED) is 0.871. The van der Waals surface area contributed by atoms with Crippen molar-refractivity contribution in [2.45, 2.75) is 38.5 Å². The fourth-order valence-corrected chi connectivity index (χ4v) is 4.49. The zero-order chi connectivity index (χ0) is 18.9. The van der Waals surface area contributed by atoms with Crippen LogP contribution in [-0.2, 0) is 4.79 Å². The van der Waals surface area contributed by atoms with Gasteiger partial charge in [0.25, 0.3) is 0 Å². The summed E-state index contributed by atoms with van der Waals surface area (Å²) < 4.78 is 13.6. The van der Waals surface area contributed by atoms with E-state index in [4.69, 9.17) is 0 Å². The van der Waals surface area contributed by atoms with E-state index in [2.05, 4.69) is 22.4 Å². The summed E-state index contributed by atoms with van der Waals surface area (Å²) in [5, 5.41) is 10.7. The highest BCUT2D eigenvalue weighted by molar-refractivity contribution is 5.83. The maximum atomic E-state index is 13.6. The van der Waals surface area contributed by atoms with Crippen LogP contribution in [-0.4, -0.2) is 47.2 Å². The van der Waals surface area contributed by atoms with Crippen molar-refractivity contribution < 1.29 is 9.18 Å². The maximum Gasteiger partial charge on any atom is 0.229 e. The minimum absolute atomic E-state index is 0.241. The number of benzene rings is 1. The van der Waals surface area contributed by atoms with Gasteiger partial charge >= 0.3 is 0 Å². The second kappa shape index (κ2) is 7.43. The molecule has 27 heavy (non-hydrogen) atoms. The van der Waals surface area contributed by atoms with E-state index in [9.17, 15) is 9.18 Å². The Morgan fingerprint density at radius 1 is 1.33 bits per heavy atom. The molecule has 2 aromatic rings. The van der Waals surface area contributed by atoms with Crippen molar-refractivity contribution in [1.82, 2.24) is 20.4 Å². The van der Waals surface area contributed by atoms with E-state index in [0.29, 0.717) is 5.92 Å². The lowest BCUT2D eigenvalue weighted by molar-refractivity contribution is -0.143. The van der Waals surface area contributed by atoms with Gasteiger partial charge in [0.05, 0.1) is 11.6 Å². The molecule has 3 heterocycles. The Kier molecular flexibility index (Phi) is 5.00. The summed E-state index contributed by atoms with van der Waals surface area (Å²) in [6.07, 6.45) is 5.60. The van der Waals surface area contributed by atoms with Crippen LogP contribution in [0.1, 0.15) is 44.2 Å². The van der Waals surface area contributed by atoms with Crippen LogP contribution < -0.4 is 5.32 Å². The minimum atomic E-state index is -0.272. The zero-order valence-corrected chi connectivity index (χ0v) is 15.8. The molecule has 1 atom stereocenters. The highest BCUT2D eigenvalue weighted by Crippen LogP contribution is 2.36. The number of rotatable bonds is 3. The number of carbonyl (C=O) groups is 1. The number of amides is 1. The van der Waals surface area contributed by atoms with Crippen LogP contribution in [0.4, 0.5) is 4.39 Å². The number of nitrogens with one attached hydrogen (secondary N) is 2. The first-order chi connectivity index (χ1) is 13.1. The number of aromatic nitrogens is 2. The van der Waals surface area contributed by atoms with Crippen molar-refractivity contribution in [2.24, 2.45) is 5.41 Å². The predicted octanol–water partition coefficient (Wildman–Crippen LogP) is 3.31. The molecule has 0 radical (unpaired) electrons. The topological polar surface area (TPSA) is 61.0 Å². The van der Waals surface area contributed by atoms with Gasteiger partial charge in [-0.1, -0.05) is 12.1 Å². The van der Waals surface area contributed by atoms with Gasteiger partial charge in [0.2, 0.25) is 5.91 Å². The van der Waals surface area contributed by atoms with Gasteiger partial charge in [-0.3, -0.25) is 9.89 Å². The van der Waals surface area contributed by atoms with Crippen LogP contribution in [0.15, 0.2) is 30.5 Å². The molecule has 0 saturated carbocycles. The minimum Gasteiger partial charge on any atom is -0.342 e. The summed E-state index contributed by atoms with van der Waals surface area (Å²) in [5.74, 6) is 0.352. The number of aromatic amines is 1. The molecule has 1 unspecified atom stereocenters. The Bertz CT molecular complexity index is 804. The largest absolute Gasteiger partial charge is 0.342 e. The molecular weight excluding hydrogens is 343 g/mol. The lowest BCUT2D eigenvalue weighted by Gasteiger charge is -2.40. The average Bonchev–Trinajstić information content (AvgIpc) is 3.18.